The van der Waals surface area contributed by atoms with Crippen molar-refractivity contribution in [2.24, 2.45) is 0 Å². The van der Waals surface area contributed by atoms with E-state index in [9.17, 15) is 0 Å². The van der Waals surface area contributed by atoms with Crippen LogP contribution >= 0.6 is 0 Å². The molecule has 2 heteroatoms. The summed E-state index contributed by atoms with van der Waals surface area (Å²) in [6.45, 7) is 0. The number of furan rings is 1. The molecule has 9 aromatic carbocycles. The Labute approximate surface area is 314 Å². The van der Waals surface area contributed by atoms with Crippen molar-refractivity contribution in [1.82, 2.24) is 0 Å². The van der Waals surface area contributed by atoms with Gasteiger partial charge in [-0.3, -0.25) is 0 Å². The maximum absolute atomic E-state index is 6.72. The van der Waals surface area contributed by atoms with Crippen molar-refractivity contribution in [3.8, 4) is 44.5 Å². The molecule has 1 heterocycles. The second-order valence-corrected chi connectivity index (χ2v) is 13.7. The Morgan fingerprint density at radius 1 is 0.296 bits per heavy atom. The van der Waals surface area contributed by atoms with Crippen LogP contribution in [0.2, 0.25) is 0 Å². The summed E-state index contributed by atoms with van der Waals surface area (Å²) >= 11 is 0. The zero-order valence-electron chi connectivity index (χ0n) is 29.6. The minimum absolute atomic E-state index is 0.883. The van der Waals surface area contributed by atoms with Gasteiger partial charge in [-0.05, 0) is 98.4 Å². The van der Waals surface area contributed by atoms with Crippen molar-refractivity contribution in [3.05, 3.63) is 212 Å². The smallest absolute Gasteiger partial charge is 0.143 e. The Morgan fingerprint density at radius 3 is 1.41 bits per heavy atom. The van der Waals surface area contributed by atoms with E-state index in [2.05, 4.69) is 217 Å². The summed E-state index contributed by atoms with van der Waals surface area (Å²) in [5.74, 6) is 0. The highest BCUT2D eigenvalue weighted by Gasteiger charge is 2.19. The van der Waals surface area contributed by atoms with Crippen molar-refractivity contribution >= 4 is 49.8 Å². The lowest BCUT2D eigenvalue weighted by molar-refractivity contribution is 0.673. The second kappa shape index (κ2) is 13.4. The first-order valence-corrected chi connectivity index (χ1v) is 18.4. The molecule has 0 atom stereocenters. The molecule has 0 fully saturated rings. The molecule has 54 heavy (non-hydrogen) atoms. The normalized spacial score (nSPS) is 11.3. The molecule has 10 aromatic rings. The van der Waals surface area contributed by atoms with Crippen LogP contribution in [0, 0.1) is 0 Å². The molecule has 2 nitrogen and oxygen atoms in total. The minimum Gasteiger partial charge on any atom is -0.455 e. The van der Waals surface area contributed by atoms with Gasteiger partial charge < -0.3 is 9.32 Å². The number of fused-ring (bicyclic) bond motifs is 5. The molecule has 0 N–H and O–H groups in total. The summed E-state index contributed by atoms with van der Waals surface area (Å²) in [6.07, 6.45) is 0. The van der Waals surface area contributed by atoms with E-state index >= 15 is 0 Å². The van der Waals surface area contributed by atoms with Crippen LogP contribution in [-0.2, 0) is 0 Å². The van der Waals surface area contributed by atoms with Crippen LogP contribution in [-0.4, -0.2) is 0 Å². The molecule has 0 aliphatic heterocycles. The summed E-state index contributed by atoms with van der Waals surface area (Å²) in [4.78, 5) is 2.35. The van der Waals surface area contributed by atoms with Gasteiger partial charge in [0, 0.05) is 33.2 Å². The number of rotatable bonds is 7. The Hall–Kier alpha value is -7.16. The summed E-state index contributed by atoms with van der Waals surface area (Å²) < 4.78 is 6.72. The van der Waals surface area contributed by atoms with E-state index in [0.717, 1.165) is 55.5 Å². The summed E-state index contributed by atoms with van der Waals surface area (Å²) in [5, 5.41) is 4.55. The fourth-order valence-corrected chi connectivity index (χ4v) is 7.87. The highest BCUT2D eigenvalue weighted by molar-refractivity contribution is 6.22. The van der Waals surface area contributed by atoms with Gasteiger partial charge in [-0.2, -0.15) is 0 Å². The molecule has 0 spiro atoms. The lowest BCUT2D eigenvalue weighted by Gasteiger charge is -2.26. The molecule has 0 radical (unpaired) electrons. The Balaban J connectivity index is 1.13. The van der Waals surface area contributed by atoms with Crippen LogP contribution in [0.15, 0.2) is 217 Å². The Kier molecular flexibility index (Phi) is 7.85. The van der Waals surface area contributed by atoms with E-state index in [4.69, 9.17) is 4.42 Å². The third kappa shape index (κ3) is 5.62. The van der Waals surface area contributed by atoms with Gasteiger partial charge in [0.05, 0.1) is 0 Å². The number of hydrogen-bond acceptors (Lipinski definition) is 2. The van der Waals surface area contributed by atoms with Crippen molar-refractivity contribution < 1.29 is 4.42 Å². The molecule has 0 saturated carbocycles. The van der Waals surface area contributed by atoms with E-state index in [1.807, 2.05) is 0 Å². The van der Waals surface area contributed by atoms with Crippen molar-refractivity contribution in [1.29, 1.82) is 0 Å². The predicted octanol–water partition coefficient (Wildman–Crippen LogP) is 14.9. The summed E-state index contributed by atoms with van der Waals surface area (Å²) in [6, 6.07) is 75.7. The molecule has 1 aromatic heterocycles. The van der Waals surface area contributed by atoms with Crippen molar-refractivity contribution in [3.63, 3.8) is 0 Å². The van der Waals surface area contributed by atoms with E-state index in [1.54, 1.807) is 0 Å². The molecule has 0 bridgehead atoms. The number of hydrogen-bond donors (Lipinski definition) is 0. The van der Waals surface area contributed by atoms with Gasteiger partial charge in [-0.15, -0.1) is 0 Å². The zero-order valence-corrected chi connectivity index (χ0v) is 29.6. The molecule has 0 aliphatic rings. The predicted molar refractivity (Wildman–Crippen MR) is 228 cm³/mol. The van der Waals surface area contributed by atoms with E-state index < -0.39 is 0 Å². The molecule has 0 unspecified atom stereocenters. The number of anilines is 3. The molecule has 0 aliphatic carbocycles. The zero-order chi connectivity index (χ0) is 35.8. The largest absolute Gasteiger partial charge is 0.455 e. The fourth-order valence-electron chi connectivity index (χ4n) is 7.87. The molecular weight excluding hydrogens is 655 g/mol. The van der Waals surface area contributed by atoms with Gasteiger partial charge in [0.15, 0.2) is 0 Å². The van der Waals surface area contributed by atoms with E-state index in [0.29, 0.717) is 0 Å². The average molecular weight is 690 g/mol. The van der Waals surface area contributed by atoms with Crippen LogP contribution in [0.5, 0.6) is 0 Å². The van der Waals surface area contributed by atoms with Crippen LogP contribution in [0.1, 0.15) is 0 Å². The lowest BCUT2D eigenvalue weighted by Crippen LogP contribution is -2.10. The average Bonchev–Trinajstić information content (AvgIpc) is 3.64. The van der Waals surface area contributed by atoms with Gasteiger partial charge in [0.1, 0.15) is 11.2 Å². The fraction of sp³-hybridized carbons (Fsp3) is 0. The first kappa shape index (κ1) is 31.6. The molecular formula is C52H35NO. The quantitative estimate of drug-likeness (QED) is 0.166. The van der Waals surface area contributed by atoms with Crippen LogP contribution in [0.25, 0.3) is 77.2 Å². The maximum Gasteiger partial charge on any atom is 0.143 e. The first-order valence-electron chi connectivity index (χ1n) is 18.4. The second-order valence-electron chi connectivity index (χ2n) is 13.7. The van der Waals surface area contributed by atoms with Crippen LogP contribution in [0.4, 0.5) is 17.1 Å². The number of nitrogens with zero attached hydrogens (tertiary/aromatic N) is 1. The number of benzene rings is 9. The Bertz CT molecular complexity index is 2810. The van der Waals surface area contributed by atoms with Gasteiger partial charge in [-0.25, -0.2) is 0 Å². The molecule has 0 saturated heterocycles. The van der Waals surface area contributed by atoms with Gasteiger partial charge >= 0.3 is 0 Å². The van der Waals surface area contributed by atoms with Crippen molar-refractivity contribution in [2.75, 3.05) is 4.90 Å². The molecule has 10 rings (SSSR count). The topological polar surface area (TPSA) is 16.4 Å². The summed E-state index contributed by atoms with van der Waals surface area (Å²) in [7, 11) is 0. The van der Waals surface area contributed by atoms with Gasteiger partial charge in [0.25, 0.3) is 0 Å². The lowest BCUT2D eigenvalue weighted by atomic mass is 9.93. The van der Waals surface area contributed by atoms with Crippen molar-refractivity contribution in [2.45, 2.75) is 0 Å². The monoisotopic (exact) mass is 689 g/mol. The minimum atomic E-state index is 0.883. The third-order valence-corrected chi connectivity index (χ3v) is 10.5. The molecule has 254 valence electrons. The summed E-state index contributed by atoms with van der Waals surface area (Å²) in [5.41, 5.74) is 14.5. The van der Waals surface area contributed by atoms with Crippen LogP contribution in [0.3, 0.4) is 0 Å². The molecule has 0 amide bonds. The highest BCUT2D eigenvalue weighted by atomic mass is 16.3. The van der Waals surface area contributed by atoms with Gasteiger partial charge in [-0.1, -0.05) is 164 Å². The first-order chi connectivity index (χ1) is 26.8. The Morgan fingerprint density at radius 2 is 0.796 bits per heavy atom. The highest BCUT2D eigenvalue weighted by Crippen LogP contribution is 2.44. The van der Waals surface area contributed by atoms with Crippen LogP contribution < -0.4 is 4.90 Å². The standard InChI is InChI=1S/C52H35NO/c1-4-14-36(15-5-1)38-26-30-42(31-27-38)53(43-32-28-39(29-33-43)37-16-6-2-7-17-37)44-21-12-20-41(34-44)45-24-13-25-50-51(45)49-35-48(40-18-8-3-9-19-40)46-22-10-11-23-47(46)52(49)54-50/h1-35H. The van der Waals surface area contributed by atoms with E-state index in [1.165, 1.54) is 38.8 Å². The SMILES string of the molecule is c1ccc(-c2ccc(N(c3ccc(-c4ccccc4)cc3)c3cccc(-c4cccc5oc6c7ccccc7c(-c7ccccc7)cc6c45)c3)cc2)cc1. The van der Waals surface area contributed by atoms with Gasteiger partial charge in [0.2, 0.25) is 0 Å². The maximum atomic E-state index is 6.72. The third-order valence-electron chi connectivity index (χ3n) is 10.5. The van der Waals surface area contributed by atoms with E-state index in [-0.39, 0.29) is 0 Å².